The number of nitriles is 1. The number of phenolic OH excluding ortho intramolecular Hbond substituents is 1. The molecule has 0 saturated carbocycles. The number of hydrogen-bond acceptors (Lipinski definition) is 5. The minimum Gasteiger partial charge on any atom is -0.507 e. The summed E-state index contributed by atoms with van der Waals surface area (Å²) in [4.78, 5) is 12.5. The monoisotopic (exact) mass is 418 g/mol. The molecule has 6 nitrogen and oxygen atoms in total. The van der Waals surface area contributed by atoms with Crippen molar-refractivity contribution in [1.29, 1.82) is 5.26 Å². The van der Waals surface area contributed by atoms with Crippen LogP contribution >= 0.6 is 0 Å². The summed E-state index contributed by atoms with van der Waals surface area (Å²) < 4.78 is 23.2. The summed E-state index contributed by atoms with van der Waals surface area (Å²) in [6.07, 6.45) is 1.84. The minimum atomic E-state index is -3.13. The average Bonchev–Trinajstić information content (AvgIpc) is 2.89. The van der Waals surface area contributed by atoms with E-state index in [9.17, 15) is 23.6 Å². The zero-order valence-electron chi connectivity index (χ0n) is 18.0. The van der Waals surface area contributed by atoms with Gasteiger partial charge in [-0.3, -0.25) is 4.79 Å². The van der Waals surface area contributed by atoms with Crippen LogP contribution in [0.4, 0.5) is 0 Å². The molecule has 1 aliphatic rings. The second-order valence-corrected chi connectivity index (χ2v) is 11.9. The third-order valence-corrected chi connectivity index (χ3v) is 6.76. The van der Waals surface area contributed by atoms with Crippen LogP contribution < -0.4 is 5.32 Å². The van der Waals surface area contributed by atoms with E-state index in [-0.39, 0.29) is 33.7 Å². The highest BCUT2D eigenvalue weighted by Crippen LogP contribution is 2.40. The maximum atomic E-state index is 12.5. The number of phenols is 1. The molecule has 1 saturated heterocycles. The Kier molecular flexibility index (Phi) is 6.20. The Morgan fingerprint density at radius 1 is 1.17 bits per heavy atom. The summed E-state index contributed by atoms with van der Waals surface area (Å²) >= 11 is 0. The van der Waals surface area contributed by atoms with E-state index in [2.05, 4.69) is 5.32 Å². The van der Waals surface area contributed by atoms with Crippen molar-refractivity contribution in [2.45, 2.75) is 64.8 Å². The molecular formula is C22H30N2O4S. The summed E-state index contributed by atoms with van der Waals surface area (Å²) in [7, 11) is -3.13. The van der Waals surface area contributed by atoms with Gasteiger partial charge in [0.05, 0.1) is 11.5 Å². The van der Waals surface area contributed by atoms with Crippen molar-refractivity contribution in [2.24, 2.45) is 0 Å². The van der Waals surface area contributed by atoms with E-state index in [0.29, 0.717) is 12.0 Å². The number of hydrogen-bond donors (Lipinski definition) is 2. The van der Waals surface area contributed by atoms with E-state index < -0.39 is 21.8 Å². The van der Waals surface area contributed by atoms with E-state index in [1.165, 1.54) is 6.08 Å². The first kappa shape index (κ1) is 23.0. The predicted octanol–water partition coefficient (Wildman–Crippen LogP) is 3.20. The number of nitrogens with one attached hydrogen (secondary N) is 1. The molecule has 0 spiro atoms. The molecule has 1 amide bonds. The molecule has 1 atom stereocenters. The molecule has 0 aliphatic carbocycles. The number of aromatic hydroxyl groups is 1. The highest BCUT2D eigenvalue weighted by Gasteiger charge is 2.30. The Hall–Kier alpha value is -2.33. The lowest BCUT2D eigenvalue weighted by Crippen LogP contribution is -2.36. The summed E-state index contributed by atoms with van der Waals surface area (Å²) in [6, 6.07) is 5.01. The molecule has 2 rings (SSSR count). The first-order chi connectivity index (χ1) is 13.1. The van der Waals surface area contributed by atoms with Gasteiger partial charge in [0.15, 0.2) is 9.84 Å². The molecule has 158 valence electrons. The van der Waals surface area contributed by atoms with E-state index >= 15 is 0 Å². The first-order valence-corrected chi connectivity index (χ1v) is 11.5. The van der Waals surface area contributed by atoms with Gasteiger partial charge in [0.25, 0.3) is 5.91 Å². The Morgan fingerprint density at radius 3 is 2.07 bits per heavy atom. The number of amides is 1. The van der Waals surface area contributed by atoms with Crippen LogP contribution in [-0.2, 0) is 25.5 Å². The zero-order valence-corrected chi connectivity index (χ0v) is 18.8. The van der Waals surface area contributed by atoms with E-state index in [0.717, 1.165) is 11.1 Å². The van der Waals surface area contributed by atoms with E-state index in [4.69, 9.17) is 0 Å². The predicted molar refractivity (Wildman–Crippen MR) is 114 cm³/mol. The van der Waals surface area contributed by atoms with Gasteiger partial charge < -0.3 is 10.4 Å². The second kappa shape index (κ2) is 7.83. The van der Waals surface area contributed by atoms with Gasteiger partial charge >= 0.3 is 0 Å². The van der Waals surface area contributed by atoms with Crippen LogP contribution in [0.3, 0.4) is 0 Å². The Bertz CT molecular complexity index is 952. The highest BCUT2D eigenvalue weighted by atomic mass is 32.2. The molecule has 1 unspecified atom stereocenters. The van der Waals surface area contributed by atoms with Crippen LogP contribution in [-0.4, -0.2) is 37.0 Å². The van der Waals surface area contributed by atoms with Gasteiger partial charge in [0.1, 0.15) is 17.4 Å². The molecular weight excluding hydrogens is 388 g/mol. The standard InChI is InChI=1S/C22H30N2O4S/c1-21(2,3)17-10-14(11-18(19(17)25)22(4,5)6)9-15(12-23)20(26)24-16-7-8-29(27,28)13-16/h9-11,16,25H,7-8,13H2,1-6H3,(H,24,26)/b15-9+. The summed E-state index contributed by atoms with van der Waals surface area (Å²) in [5, 5.41) is 23.0. The van der Waals surface area contributed by atoms with Crippen LogP contribution in [0.5, 0.6) is 5.75 Å². The van der Waals surface area contributed by atoms with Gasteiger partial charge in [-0.05, 0) is 41.0 Å². The molecule has 1 aromatic carbocycles. The SMILES string of the molecule is CC(C)(C)c1cc(/C=C(\C#N)C(=O)NC2CCS(=O)(=O)C2)cc(C(C)(C)C)c1O. The number of carbonyl (C=O) groups excluding carboxylic acids is 1. The summed E-state index contributed by atoms with van der Waals surface area (Å²) in [6.45, 7) is 11.9. The lowest BCUT2D eigenvalue weighted by molar-refractivity contribution is -0.117. The lowest BCUT2D eigenvalue weighted by Gasteiger charge is -2.28. The maximum Gasteiger partial charge on any atom is 0.262 e. The van der Waals surface area contributed by atoms with Gasteiger partial charge in [-0.15, -0.1) is 0 Å². The second-order valence-electron chi connectivity index (χ2n) is 9.71. The largest absolute Gasteiger partial charge is 0.507 e. The Labute approximate surface area is 173 Å². The smallest absolute Gasteiger partial charge is 0.262 e. The van der Waals surface area contributed by atoms with Crippen LogP contribution in [0.1, 0.15) is 64.7 Å². The normalized spacial score (nSPS) is 19.6. The fraction of sp³-hybridized carbons (Fsp3) is 0.545. The summed E-state index contributed by atoms with van der Waals surface area (Å²) in [5.41, 5.74) is 1.34. The van der Waals surface area contributed by atoms with Crippen molar-refractivity contribution >= 4 is 21.8 Å². The third kappa shape index (κ3) is 5.60. The fourth-order valence-electron chi connectivity index (χ4n) is 3.37. The molecule has 1 aromatic rings. The number of carbonyl (C=O) groups is 1. The Balaban J connectivity index is 2.45. The number of nitrogens with zero attached hydrogens (tertiary/aromatic N) is 1. The molecule has 29 heavy (non-hydrogen) atoms. The number of sulfone groups is 1. The molecule has 1 heterocycles. The number of rotatable bonds is 3. The van der Waals surface area contributed by atoms with Gasteiger partial charge in [0, 0.05) is 17.2 Å². The van der Waals surface area contributed by atoms with Crippen LogP contribution in [0, 0.1) is 11.3 Å². The van der Waals surface area contributed by atoms with Crippen molar-refractivity contribution in [2.75, 3.05) is 11.5 Å². The van der Waals surface area contributed by atoms with Crippen molar-refractivity contribution in [1.82, 2.24) is 5.32 Å². The average molecular weight is 419 g/mol. The zero-order chi connectivity index (χ0) is 22.2. The van der Waals surface area contributed by atoms with Crippen molar-refractivity contribution in [3.63, 3.8) is 0 Å². The molecule has 0 radical (unpaired) electrons. The fourth-order valence-corrected chi connectivity index (χ4v) is 5.04. The topological polar surface area (TPSA) is 107 Å². The molecule has 1 fully saturated rings. The molecule has 0 aromatic heterocycles. The maximum absolute atomic E-state index is 12.5. The van der Waals surface area contributed by atoms with Gasteiger partial charge in [-0.25, -0.2) is 8.42 Å². The van der Waals surface area contributed by atoms with Crippen LogP contribution in [0.15, 0.2) is 17.7 Å². The Morgan fingerprint density at radius 2 is 1.69 bits per heavy atom. The summed E-state index contributed by atoms with van der Waals surface area (Å²) in [5.74, 6) is -0.414. The van der Waals surface area contributed by atoms with E-state index in [1.54, 1.807) is 12.1 Å². The molecule has 1 aliphatic heterocycles. The third-order valence-electron chi connectivity index (χ3n) is 4.99. The van der Waals surface area contributed by atoms with Gasteiger partial charge in [-0.1, -0.05) is 41.5 Å². The van der Waals surface area contributed by atoms with Crippen LogP contribution in [0.25, 0.3) is 6.08 Å². The van der Waals surface area contributed by atoms with Crippen molar-refractivity contribution in [3.05, 3.63) is 34.4 Å². The molecule has 0 bridgehead atoms. The van der Waals surface area contributed by atoms with Crippen molar-refractivity contribution in [3.8, 4) is 11.8 Å². The quantitative estimate of drug-likeness (QED) is 0.579. The lowest BCUT2D eigenvalue weighted by atomic mass is 9.78. The van der Waals surface area contributed by atoms with Crippen molar-refractivity contribution < 1.29 is 18.3 Å². The highest BCUT2D eigenvalue weighted by molar-refractivity contribution is 7.91. The molecule has 7 heteroatoms. The number of benzene rings is 1. The van der Waals surface area contributed by atoms with Crippen LogP contribution in [0.2, 0.25) is 0 Å². The first-order valence-electron chi connectivity index (χ1n) is 9.65. The van der Waals surface area contributed by atoms with Gasteiger partial charge in [0.2, 0.25) is 0 Å². The van der Waals surface area contributed by atoms with E-state index in [1.807, 2.05) is 47.6 Å². The van der Waals surface area contributed by atoms with Gasteiger partial charge in [-0.2, -0.15) is 5.26 Å². The molecule has 2 N–H and O–H groups in total. The minimum absolute atomic E-state index is 0.0470.